The van der Waals surface area contributed by atoms with Crippen LogP contribution in [0.1, 0.15) is 36.6 Å². The minimum absolute atomic E-state index is 0.0726. The highest BCUT2D eigenvalue weighted by molar-refractivity contribution is 6.31. The normalized spacial score (nSPS) is 18.5. The Kier molecular flexibility index (Phi) is 4.26. The van der Waals surface area contributed by atoms with Gasteiger partial charge in [0.05, 0.1) is 0 Å². The van der Waals surface area contributed by atoms with E-state index in [1.165, 1.54) is 16.7 Å². The first kappa shape index (κ1) is 15.5. The molecule has 0 fully saturated rings. The van der Waals surface area contributed by atoms with Gasteiger partial charge < -0.3 is 5.73 Å². The molecule has 0 radical (unpaired) electrons. The predicted octanol–water partition coefficient (Wildman–Crippen LogP) is 4.13. The zero-order valence-electron chi connectivity index (χ0n) is 13.2. The van der Waals surface area contributed by atoms with E-state index in [-0.39, 0.29) is 11.5 Å². The highest BCUT2D eigenvalue weighted by Gasteiger charge is 2.34. The summed E-state index contributed by atoms with van der Waals surface area (Å²) >= 11 is 6.38. The standard InChI is InChI=1S/C19H23ClN2/c1-19(2,14-7-4-3-5-8-14)13-22-12-16-15(18(22)11-21)9-6-10-17(16)20/h3-10,18H,11-13,21H2,1-2H3. The van der Waals surface area contributed by atoms with Crippen LogP contribution < -0.4 is 5.73 Å². The number of hydrogen-bond donors (Lipinski definition) is 1. The number of benzene rings is 2. The molecule has 0 amide bonds. The molecule has 0 aromatic heterocycles. The molecular formula is C19H23ClN2. The fraction of sp³-hybridized carbons (Fsp3) is 0.368. The third kappa shape index (κ3) is 2.79. The summed E-state index contributed by atoms with van der Waals surface area (Å²) < 4.78 is 0. The first-order valence-electron chi connectivity index (χ1n) is 7.80. The van der Waals surface area contributed by atoms with Crippen LogP contribution in [0.25, 0.3) is 0 Å². The zero-order valence-corrected chi connectivity index (χ0v) is 14.0. The van der Waals surface area contributed by atoms with Gasteiger partial charge in [0.15, 0.2) is 0 Å². The Bertz CT molecular complexity index is 652. The average Bonchev–Trinajstić information content (AvgIpc) is 2.86. The van der Waals surface area contributed by atoms with E-state index in [0.29, 0.717) is 6.54 Å². The van der Waals surface area contributed by atoms with Crippen LogP contribution in [-0.2, 0) is 12.0 Å². The molecule has 1 atom stereocenters. The Balaban J connectivity index is 1.86. The third-order valence-electron chi connectivity index (χ3n) is 4.69. The predicted molar refractivity (Wildman–Crippen MR) is 93.1 cm³/mol. The second kappa shape index (κ2) is 6.04. The quantitative estimate of drug-likeness (QED) is 0.919. The smallest absolute Gasteiger partial charge is 0.0478 e. The summed E-state index contributed by atoms with van der Waals surface area (Å²) in [5.74, 6) is 0. The van der Waals surface area contributed by atoms with Crippen molar-refractivity contribution in [3.8, 4) is 0 Å². The summed E-state index contributed by atoms with van der Waals surface area (Å²) in [5, 5.41) is 0.857. The van der Waals surface area contributed by atoms with E-state index in [1.807, 2.05) is 12.1 Å². The number of fused-ring (bicyclic) bond motifs is 1. The maximum atomic E-state index is 6.38. The van der Waals surface area contributed by atoms with E-state index < -0.39 is 0 Å². The number of nitrogens with zero attached hydrogens (tertiary/aromatic N) is 1. The lowest BCUT2D eigenvalue weighted by molar-refractivity contribution is 0.179. The van der Waals surface area contributed by atoms with Crippen molar-refractivity contribution in [1.82, 2.24) is 4.90 Å². The fourth-order valence-electron chi connectivity index (χ4n) is 3.49. The van der Waals surface area contributed by atoms with Crippen molar-refractivity contribution in [3.05, 3.63) is 70.2 Å². The summed E-state index contributed by atoms with van der Waals surface area (Å²) in [6.45, 7) is 7.05. The van der Waals surface area contributed by atoms with Gasteiger partial charge >= 0.3 is 0 Å². The van der Waals surface area contributed by atoms with Crippen molar-refractivity contribution in [2.24, 2.45) is 5.73 Å². The molecule has 1 aliphatic rings. The zero-order chi connectivity index (χ0) is 15.7. The lowest BCUT2D eigenvalue weighted by atomic mass is 9.84. The summed E-state index contributed by atoms with van der Waals surface area (Å²) in [6.07, 6.45) is 0. The van der Waals surface area contributed by atoms with E-state index in [2.05, 4.69) is 55.1 Å². The molecule has 0 bridgehead atoms. The Labute approximate surface area is 137 Å². The van der Waals surface area contributed by atoms with E-state index in [1.54, 1.807) is 0 Å². The Morgan fingerprint density at radius 1 is 1.14 bits per heavy atom. The molecule has 3 heteroatoms. The SMILES string of the molecule is CC(C)(CN1Cc2c(Cl)cccc2C1CN)c1ccccc1. The van der Waals surface area contributed by atoms with Crippen molar-refractivity contribution in [2.45, 2.75) is 31.8 Å². The van der Waals surface area contributed by atoms with Gasteiger partial charge in [-0.2, -0.15) is 0 Å². The van der Waals surface area contributed by atoms with Gasteiger partial charge in [-0.05, 0) is 22.8 Å². The van der Waals surface area contributed by atoms with Crippen molar-refractivity contribution >= 4 is 11.6 Å². The van der Waals surface area contributed by atoms with E-state index in [0.717, 1.165) is 18.1 Å². The van der Waals surface area contributed by atoms with Crippen LogP contribution in [0.2, 0.25) is 5.02 Å². The molecule has 22 heavy (non-hydrogen) atoms. The monoisotopic (exact) mass is 314 g/mol. The van der Waals surface area contributed by atoms with Crippen molar-refractivity contribution < 1.29 is 0 Å². The van der Waals surface area contributed by atoms with E-state index >= 15 is 0 Å². The lowest BCUT2D eigenvalue weighted by Crippen LogP contribution is -2.38. The summed E-state index contributed by atoms with van der Waals surface area (Å²) in [4.78, 5) is 2.46. The third-order valence-corrected chi connectivity index (χ3v) is 5.05. The minimum Gasteiger partial charge on any atom is -0.329 e. The second-order valence-corrected chi connectivity index (χ2v) is 7.12. The lowest BCUT2D eigenvalue weighted by Gasteiger charge is -2.34. The molecule has 1 unspecified atom stereocenters. The molecule has 2 aromatic carbocycles. The van der Waals surface area contributed by atoms with Crippen LogP contribution in [-0.4, -0.2) is 18.0 Å². The first-order chi connectivity index (χ1) is 10.5. The first-order valence-corrected chi connectivity index (χ1v) is 8.17. The Morgan fingerprint density at radius 2 is 1.86 bits per heavy atom. The highest BCUT2D eigenvalue weighted by atomic mass is 35.5. The molecule has 2 nitrogen and oxygen atoms in total. The number of hydrogen-bond acceptors (Lipinski definition) is 2. The van der Waals surface area contributed by atoms with Gasteiger partial charge in [-0.15, -0.1) is 0 Å². The number of rotatable bonds is 4. The summed E-state index contributed by atoms with van der Waals surface area (Å²) in [5.41, 5.74) is 10.0. The molecule has 1 heterocycles. The molecule has 0 spiro atoms. The molecule has 1 aliphatic heterocycles. The Morgan fingerprint density at radius 3 is 2.55 bits per heavy atom. The maximum absolute atomic E-state index is 6.38. The number of halogens is 1. The van der Waals surface area contributed by atoms with Crippen LogP contribution in [0, 0.1) is 0 Å². The topological polar surface area (TPSA) is 29.3 Å². The molecule has 2 aromatic rings. The molecule has 3 rings (SSSR count). The van der Waals surface area contributed by atoms with E-state index in [9.17, 15) is 0 Å². The largest absolute Gasteiger partial charge is 0.329 e. The van der Waals surface area contributed by atoms with Crippen molar-refractivity contribution in [3.63, 3.8) is 0 Å². The fourth-order valence-corrected chi connectivity index (χ4v) is 3.74. The van der Waals surface area contributed by atoms with Crippen LogP contribution >= 0.6 is 11.6 Å². The highest BCUT2D eigenvalue weighted by Crippen LogP contribution is 2.39. The number of nitrogens with two attached hydrogens (primary N) is 1. The van der Waals surface area contributed by atoms with E-state index in [4.69, 9.17) is 17.3 Å². The van der Waals surface area contributed by atoms with Gasteiger partial charge in [-0.3, -0.25) is 4.90 Å². The molecular weight excluding hydrogens is 292 g/mol. The van der Waals surface area contributed by atoms with Gasteiger partial charge in [-0.1, -0.05) is 67.9 Å². The van der Waals surface area contributed by atoms with Crippen LogP contribution in [0.5, 0.6) is 0 Å². The molecule has 0 saturated carbocycles. The van der Waals surface area contributed by atoms with Gasteiger partial charge in [0, 0.05) is 36.1 Å². The van der Waals surface area contributed by atoms with Crippen LogP contribution in [0.3, 0.4) is 0 Å². The molecule has 0 saturated heterocycles. The van der Waals surface area contributed by atoms with Gasteiger partial charge in [-0.25, -0.2) is 0 Å². The van der Waals surface area contributed by atoms with Crippen molar-refractivity contribution in [1.29, 1.82) is 0 Å². The molecule has 0 aliphatic carbocycles. The van der Waals surface area contributed by atoms with Gasteiger partial charge in [0.25, 0.3) is 0 Å². The maximum Gasteiger partial charge on any atom is 0.0478 e. The van der Waals surface area contributed by atoms with Gasteiger partial charge in [0.1, 0.15) is 0 Å². The minimum atomic E-state index is 0.0726. The Hall–Kier alpha value is -1.35. The molecule has 116 valence electrons. The summed E-state index contributed by atoms with van der Waals surface area (Å²) in [6, 6.07) is 17.1. The van der Waals surface area contributed by atoms with Crippen LogP contribution in [0.4, 0.5) is 0 Å². The summed E-state index contributed by atoms with van der Waals surface area (Å²) in [7, 11) is 0. The van der Waals surface area contributed by atoms with Crippen molar-refractivity contribution in [2.75, 3.05) is 13.1 Å². The molecule has 2 N–H and O–H groups in total. The van der Waals surface area contributed by atoms with Gasteiger partial charge in [0.2, 0.25) is 0 Å². The second-order valence-electron chi connectivity index (χ2n) is 6.71. The van der Waals surface area contributed by atoms with Crippen LogP contribution in [0.15, 0.2) is 48.5 Å². The average molecular weight is 315 g/mol.